The van der Waals surface area contributed by atoms with Crippen LogP contribution in [0.4, 0.5) is 5.82 Å². The van der Waals surface area contributed by atoms with Gasteiger partial charge < -0.3 is 14.8 Å². The van der Waals surface area contributed by atoms with E-state index in [1.165, 1.54) is 6.33 Å². The molecule has 2 rings (SSSR count). The fourth-order valence-electron chi connectivity index (χ4n) is 1.70. The highest BCUT2D eigenvalue weighted by Crippen LogP contribution is 2.15. The number of nitrogens with zero attached hydrogens (tertiary/aromatic N) is 2. The van der Waals surface area contributed by atoms with Crippen LogP contribution < -0.4 is 14.8 Å². The van der Waals surface area contributed by atoms with Crippen molar-refractivity contribution in [2.75, 3.05) is 19.0 Å². The molecule has 0 atom stereocenters. The lowest BCUT2D eigenvalue weighted by Crippen LogP contribution is -2.03. The summed E-state index contributed by atoms with van der Waals surface area (Å²) < 4.78 is 10.7. The van der Waals surface area contributed by atoms with E-state index in [4.69, 9.17) is 9.47 Å². The third-order valence-corrected chi connectivity index (χ3v) is 2.70. The molecule has 0 aliphatic heterocycles. The molecule has 106 valence electrons. The maximum atomic E-state index is 5.47. The fraction of sp³-hybridized carbons (Fsp3) is 0.333. The Morgan fingerprint density at radius 2 is 2.10 bits per heavy atom. The van der Waals surface area contributed by atoms with Crippen molar-refractivity contribution in [2.24, 2.45) is 0 Å². The highest BCUT2D eigenvalue weighted by Gasteiger charge is 2.00. The molecule has 0 aliphatic carbocycles. The molecule has 0 bridgehead atoms. The van der Waals surface area contributed by atoms with Crippen molar-refractivity contribution >= 4 is 5.82 Å². The lowest BCUT2D eigenvalue weighted by molar-refractivity contribution is 0.305. The zero-order chi connectivity index (χ0) is 14.2. The first kappa shape index (κ1) is 14.1. The Morgan fingerprint density at radius 1 is 1.20 bits per heavy atom. The van der Waals surface area contributed by atoms with E-state index in [0.29, 0.717) is 19.0 Å². The first-order chi connectivity index (χ1) is 9.81. The molecule has 0 saturated heterocycles. The third kappa shape index (κ3) is 4.12. The van der Waals surface area contributed by atoms with E-state index in [9.17, 15) is 0 Å². The van der Waals surface area contributed by atoms with Crippen LogP contribution in [-0.4, -0.2) is 23.7 Å². The summed E-state index contributed by atoms with van der Waals surface area (Å²) in [5, 5.41) is 3.24. The third-order valence-electron chi connectivity index (χ3n) is 2.70. The Balaban J connectivity index is 1.95. The number of methoxy groups -OCH3 is 1. The Morgan fingerprint density at radius 3 is 2.90 bits per heavy atom. The van der Waals surface area contributed by atoms with Crippen molar-refractivity contribution in [3.63, 3.8) is 0 Å². The minimum atomic E-state index is 0.593. The first-order valence-electron chi connectivity index (χ1n) is 6.63. The zero-order valence-electron chi connectivity index (χ0n) is 11.8. The van der Waals surface area contributed by atoms with Crippen molar-refractivity contribution in [2.45, 2.75) is 19.9 Å². The monoisotopic (exact) mass is 273 g/mol. The van der Waals surface area contributed by atoms with Gasteiger partial charge in [-0.15, -0.1) is 0 Å². The molecule has 0 fully saturated rings. The molecule has 1 aromatic heterocycles. The highest BCUT2D eigenvalue weighted by molar-refractivity contribution is 5.39. The summed E-state index contributed by atoms with van der Waals surface area (Å²) in [4.78, 5) is 8.24. The molecule has 2 aromatic rings. The van der Waals surface area contributed by atoms with Gasteiger partial charge in [0.05, 0.1) is 13.7 Å². The Hall–Kier alpha value is -2.30. The minimum absolute atomic E-state index is 0.593. The lowest BCUT2D eigenvalue weighted by atomic mass is 10.2. The summed E-state index contributed by atoms with van der Waals surface area (Å²) in [6.07, 6.45) is 2.45. The van der Waals surface area contributed by atoms with Gasteiger partial charge in [-0.25, -0.2) is 9.97 Å². The molecule has 1 heterocycles. The summed E-state index contributed by atoms with van der Waals surface area (Å²) in [5.41, 5.74) is 1.12. The predicted molar refractivity (Wildman–Crippen MR) is 78.1 cm³/mol. The zero-order valence-corrected chi connectivity index (χ0v) is 11.8. The van der Waals surface area contributed by atoms with Crippen LogP contribution in [0.5, 0.6) is 11.6 Å². The maximum Gasteiger partial charge on any atom is 0.218 e. The van der Waals surface area contributed by atoms with Gasteiger partial charge in [0, 0.05) is 12.6 Å². The summed E-state index contributed by atoms with van der Waals surface area (Å²) >= 11 is 0. The summed E-state index contributed by atoms with van der Waals surface area (Å²) in [6.45, 7) is 3.39. The predicted octanol–water partition coefficient (Wildman–Crippen LogP) is 2.89. The van der Waals surface area contributed by atoms with Gasteiger partial charge in [0.1, 0.15) is 17.9 Å². The summed E-state index contributed by atoms with van der Waals surface area (Å²) in [5.74, 6) is 2.18. The van der Waals surface area contributed by atoms with Crippen molar-refractivity contribution in [3.05, 3.63) is 42.2 Å². The fourth-order valence-corrected chi connectivity index (χ4v) is 1.70. The number of aromatic nitrogens is 2. The Bertz CT molecular complexity index is 546. The van der Waals surface area contributed by atoms with Crippen LogP contribution >= 0.6 is 0 Å². The van der Waals surface area contributed by atoms with Crippen molar-refractivity contribution in [3.8, 4) is 11.6 Å². The van der Waals surface area contributed by atoms with E-state index >= 15 is 0 Å². The van der Waals surface area contributed by atoms with Gasteiger partial charge >= 0.3 is 0 Å². The summed E-state index contributed by atoms with van der Waals surface area (Å²) in [7, 11) is 1.66. The average Bonchev–Trinajstić information content (AvgIpc) is 2.51. The largest absolute Gasteiger partial charge is 0.497 e. The lowest BCUT2D eigenvalue weighted by Gasteiger charge is -2.08. The molecule has 1 N–H and O–H groups in total. The van der Waals surface area contributed by atoms with E-state index in [-0.39, 0.29) is 0 Å². The normalized spacial score (nSPS) is 10.1. The molecule has 0 amide bonds. The molecule has 5 heteroatoms. The van der Waals surface area contributed by atoms with Crippen LogP contribution in [-0.2, 0) is 6.54 Å². The molecule has 0 spiro atoms. The highest BCUT2D eigenvalue weighted by atomic mass is 16.5. The maximum absolute atomic E-state index is 5.47. The van der Waals surface area contributed by atoms with Crippen LogP contribution in [0, 0.1) is 0 Å². The molecule has 5 nitrogen and oxygen atoms in total. The molecule has 0 radical (unpaired) electrons. The number of benzene rings is 1. The van der Waals surface area contributed by atoms with Crippen molar-refractivity contribution in [1.29, 1.82) is 0 Å². The number of hydrogen-bond donors (Lipinski definition) is 1. The van der Waals surface area contributed by atoms with E-state index in [0.717, 1.165) is 23.6 Å². The van der Waals surface area contributed by atoms with E-state index in [1.807, 2.05) is 24.3 Å². The Kier molecular flexibility index (Phi) is 5.17. The second kappa shape index (κ2) is 7.33. The van der Waals surface area contributed by atoms with Gasteiger partial charge in [0.2, 0.25) is 5.88 Å². The van der Waals surface area contributed by atoms with E-state index in [2.05, 4.69) is 22.2 Å². The quantitative estimate of drug-likeness (QED) is 0.840. The smallest absolute Gasteiger partial charge is 0.218 e. The number of ether oxygens (including phenoxy) is 2. The van der Waals surface area contributed by atoms with E-state index < -0.39 is 0 Å². The topological polar surface area (TPSA) is 56.3 Å². The molecule has 0 saturated carbocycles. The van der Waals surface area contributed by atoms with Crippen LogP contribution in [0.1, 0.15) is 18.9 Å². The van der Waals surface area contributed by atoms with Crippen LogP contribution in [0.2, 0.25) is 0 Å². The second-order valence-corrected chi connectivity index (χ2v) is 4.30. The van der Waals surface area contributed by atoms with Crippen molar-refractivity contribution in [1.82, 2.24) is 9.97 Å². The molecule has 0 aliphatic rings. The van der Waals surface area contributed by atoms with Gasteiger partial charge in [0.15, 0.2) is 0 Å². The molecule has 20 heavy (non-hydrogen) atoms. The van der Waals surface area contributed by atoms with Gasteiger partial charge in [-0.1, -0.05) is 19.1 Å². The molecule has 1 aromatic carbocycles. The van der Waals surface area contributed by atoms with Gasteiger partial charge in [-0.3, -0.25) is 0 Å². The average molecular weight is 273 g/mol. The van der Waals surface area contributed by atoms with Gasteiger partial charge in [0.25, 0.3) is 0 Å². The molecular weight excluding hydrogens is 254 g/mol. The Labute approximate surface area is 119 Å². The molecule has 0 unspecified atom stereocenters. The SMILES string of the molecule is CCCOc1cc(NCc2cccc(OC)c2)ncn1. The molecular formula is C15H19N3O2. The van der Waals surface area contributed by atoms with Gasteiger partial charge in [-0.05, 0) is 24.1 Å². The number of rotatable bonds is 7. The van der Waals surface area contributed by atoms with Crippen LogP contribution in [0.3, 0.4) is 0 Å². The first-order valence-corrected chi connectivity index (χ1v) is 6.63. The van der Waals surface area contributed by atoms with E-state index in [1.54, 1.807) is 13.2 Å². The van der Waals surface area contributed by atoms with Crippen LogP contribution in [0.15, 0.2) is 36.7 Å². The summed E-state index contributed by atoms with van der Waals surface area (Å²) in [6, 6.07) is 9.71. The number of hydrogen-bond acceptors (Lipinski definition) is 5. The number of nitrogens with one attached hydrogen (secondary N) is 1. The second-order valence-electron chi connectivity index (χ2n) is 4.30. The van der Waals surface area contributed by atoms with Gasteiger partial charge in [-0.2, -0.15) is 0 Å². The number of anilines is 1. The standard InChI is InChI=1S/C15H19N3O2/c1-3-7-20-15-9-14(17-11-18-15)16-10-12-5-4-6-13(8-12)19-2/h4-6,8-9,11H,3,7,10H2,1-2H3,(H,16,17,18). The van der Waals surface area contributed by atoms with Crippen LogP contribution in [0.25, 0.3) is 0 Å². The minimum Gasteiger partial charge on any atom is -0.497 e. The van der Waals surface area contributed by atoms with Crippen molar-refractivity contribution < 1.29 is 9.47 Å².